The number of hydrogen-bond acceptors (Lipinski definition) is 7. The molecule has 284 valence electrons. The van der Waals surface area contributed by atoms with Crippen molar-refractivity contribution in [1.82, 2.24) is 0 Å². The van der Waals surface area contributed by atoms with Crippen LogP contribution in [0.3, 0.4) is 0 Å². The number of phosphoric acid groups is 1. The van der Waals surface area contributed by atoms with E-state index >= 15 is 0 Å². The highest BCUT2D eigenvalue weighted by Gasteiger charge is 2.20. The summed E-state index contributed by atoms with van der Waals surface area (Å²) >= 11 is 0. The third-order valence-corrected chi connectivity index (χ3v) is 8.35. The van der Waals surface area contributed by atoms with E-state index in [-0.39, 0.29) is 13.0 Å². The van der Waals surface area contributed by atoms with Gasteiger partial charge in [0.25, 0.3) is 0 Å². The van der Waals surface area contributed by atoms with Crippen LogP contribution in [0.4, 0.5) is 0 Å². The molecule has 0 aromatic rings. The molecule has 0 aliphatic carbocycles. The van der Waals surface area contributed by atoms with Gasteiger partial charge in [-0.1, -0.05) is 152 Å². The number of phosphoric ester groups is 1. The van der Waals surface area contributed by atoms with Crippen LogP contribution < -0.4 is 0 Å². The maximum Gasteiger partial charge on any atom is 0.469 e. The van der Waals surface area contributed by atoms with Crippen molar-refractivity contribution in [3.8, 4) is 0 Å². The molecule has 0 saturated heterocycles. The molecule has 0 aliphatic rings. The van der Waals surface area contributed by atoms with E-state index in [2.05, 4.69) is 18.4 Å². The fourth-order valence-electron chi connectivity index (χ4n) is 4.93. The van der Waals surface area contributed by atoms with Crippen LogP contribution in [0.25, 0.3) is 0 Å². The minimum Gasteiger partial charge on any atom is -0.492 e. The van der Waals surface area contributed by atoms with Gasteiger partial charge < -0.3 is 29.5 Å². The molecule has 0 radical (unpaired) electrons. The lowest BCUT2D eigenvalue weighted by atomic mass is 10.0. The summed E-state index contributed by atoms with van der Waals surface area (Å²) in [6.45, 7) is 3.75. The van der Waals surface area contributed by atoms with Crippen LogP contribution in [0.5, 0.6) is 0 Å². The molecule has 0 rings (SSSR count). The van der Waals surface area contributed by atoms with Gasteiger partial charge in [-0.25, -0.2) is 4.57 Å². The van der Waals surface area contributed by atoms with Gasteiger partial charge in [-0.05, 0) is 44.6 Å². The van der Waals surface area contributed by atoms with Crippen molar-refractivity contribution in [2.75, 3.05) is 13.2 Å². The van der Waals surface area contributed by atoms with Gasteiger partial charge >= 0.3 is 13.8 Å². The number of rotatable bonds is 34. The first-order chi connectivity index (χ1) is 23.7. The fraction of sp³-hybridized carbons (Fsp3) is 0.718. The normalized spacial score (nSPS) is 14.6. The lowest BCUT2D eigenvalue weighted by Gasteiger charge is -2.17. The fourth-order valence-corrected chi connectivity index (χ4v) is 5.29. The monoisotopic (exact) mass is 712 g/mol. The Morgan fingerprint density at radius 1 is 0.653 bits per heavy atom. The molecule has 0 unspecified atom stereocenters. The Kier molecular flexibility index (Phi) is 33.0. The molecule has 9 nitrogen and oxygen atoms in total. The molecule has 0 amide bonds. The van der Waals surface area contributed by atoms with Crippen LogP contribution in [0, 0.1) is 0 Å². The van der Waals surface area contributed by atoms with Crippen molar-refractivity contribution in [3.63, 3.8) is 0 Å². The van der Waals surface area contributed by atoms with Crippen molar-refractivity contribution in [3.05, 3.63) is 60.9 Å². The standard InChI is InChI=1S/C39H69O9P/c1-3-5-7-8-9-10-11-12-13-14-15-19-22-26-33-46-38(35-48-49(43,44)45)34-47-39(42)32-27-31-37(41)30-25-21-18-16-17-20-24-29-36(40)28-23-6-4-2/h17-18,20-21,24-26,29-30,33,36-38,40-41H,3-16,19,22-23,27-28,31-32,34-35H2,1-2H3,(H2,43,44,45)/b20-17-,21-18-,29-24+,30-25+,33-26+/t36-,37-,38+/m0/s1. The van der Waals surface area contributed by atoms with Crippen molar-refractivity contribution < 1.29 is 43.4 Å². The van der Waals surface area contributed by atoms with Crippen LogP contribution >= 0.6 is 7.82 Å². The Hall–Kier alpha value is -2.00. The first-order valence-electron chi connectivity index (χ1n) is 18.9. The van der Waals surface area contributed by atoms with E-state index in [0.29, 0.717) is 12.8 Å². The van der Waals surface area contributed by atoms with Crippen LogP contribution in [-0.2, 0) is 23.4 Å². The number of unbranched alkanes of at least 4 members (excludes halogenated alkanes) is 14. The van der Waals surface area contributed by atoms with Crippen LogP contribution in [-0.4, -0.2) is 57.5 Å². The molecular weight excluding hydrogens is 643 g/mol. The average molecular weight is 713 g/mol. The predicted molar refractivity (Wildman–Crippen MR) is 200 cm³/mol. The molecule has 4 N–H and O–H groups in total. The van der Waals surface area contributed by atoms with E-state index < -0.39 is 38.7 Å². The van der Waals surface area contributed by atoms with Crippen LogP contribution in [0.2, 0.25) is 0 Å². The SMILES string of the molecule is CCCCCCCCCCCCCC/C=C/O[C@H](COC(=O)CCC[C@@H](O)/C=C/C=C\C/C=C\C=C\[C@@H](O)CCCCC)COP(=O)(O)O. The number of hydrogen-bond donors (Lipinski definition) is 4. The lowest BCUT2D eigenvalue weighted by Crippen LogP contribution is -2.25. The highest BCUT2D eigenvalue weighted by atomic mass is 31.2. The molecule has 3 atom stereocenters. The third kappa shape index (κ3) is 37.1. The summed E-state index contributed by atoms with van der Waals surface area (Å²) in [4.78, 5) is 30.3. The van der Waals surface area contributed by atoms with E-state index in [0.717, 1.165) is 51.4 Å². The molecular formula is C39H69O9P. The summed E-state index contributed by atoms with van der Waals surface area (Å²) in [5.74, 6) is -0.490. The molecule has 0 spiro atoms. The summed E-state index contributed by atoms with van der Waals surface area (Å²) in [7, 11) is -4.70. The van der Waals surface area contributed by atoms with Crippen LogP contribution in [0.15, 0.2) is 60.9 Å². The van der Waals surface area contributed by atoms with Gasteiger partial charge in [-0.3, -0.25) is 9.32 Å². The summed E-state index contributed by atoms with van der Waals surface area (Å²) in [6.07, 6.45) is 38.0. The van der Waals surface area contributed by atoms with E-state index in [1.165, 1.54) is 70.5 Å². The first kappa shape index (κ1) is 47.0. The smallest absolute Gasteiger partial charge is 0.469 e. The van der Waals surface area contributed by atoms with E-state index in [1.54, 1.807) is 18.2 Å². The molecule has 0 fully saturated rings. The first-order valence-corrected chi connectivity index (χ1v) is 20.4. The third-order valence-electron chi connectivity index (χ3n) is 7.87. The summed E-state index contributed by atoms with van der Waals surface area (Å²) < 4.78 is 26.5. The Morgan fingerprint density at radius 2 is 1.16 bits per heavy atom. The summed E-state index contributed by atoms with van der Waals surface area (Å²) in [6, 6.07) is 0. The Morgan fingerprint density at radius 3 is 1.71 bits per heavy atom. The number of allylic oxidation sites excluding steroid dienone is 7. The number of aliphatic hydroxyl groups is 2. The second-order valence-electron chi connectivity index (χ2n) is 12.7. The minimum absolute atomic E-state index is 0.0905. The number of esters is 1. The van der Waals surface area contributed by atoms with Crippen molar-refractivity contribution >= 4 is 13.8 Å². The van der Waals surface area contributed by atoms with Gasteiger partial charge in [0, 0.05) is 6.42 Å². The number of carbonyl (C=O) groups is 1. The maximum absolute atomic E-state index is 12.2. The summed E-state index contributed by atoms with van der Waals surface area (Å²) in [5, 5.41) is 20.0. The summed E-state index contributed by atoms with van der Waals surface area (Å²) in [5.41, 5.74) is 0. The van der Waals surface area contributed by atoms with E-state index in [4.69, 9.17) is 19.3 Å². The number of aliphatic hydroxyl groups excluding tert-OH is 2. The largest absolute Gasteiger partial charge is 0.492 e. The molecule has 49 heavy (non-hydrogen) atoms. The molecule has 0 heterocycles. The molecule has 10 heteroatoms. The van der Waals surface area contributed by atoms with Gasteiger partial charge in [0.2, 0.25) is 0 Å². The second-order valence-corrected chi connectivity index (χ2v) is 13.9. The zero-order valence-corrected chi connectivity index (χ0v) is 31.4. The van der Waals surface area contributed by atoms with Crippen molar-refractivity contribution in [2.45, 2.75) is 167 Å². The topological polar surface area (TPSA) is 143 Å². The quantitative estimate of drug-likeness (QED) is 0.0169. The average Bonchev–Trinajstić information content (AvgIpc) is 3.06. The lowest BCUT2D eigenvalue weighted by molar-refractivity contribution is -0.147. The Bertz CT molecular complexity index is 954. The second kappa shape index (κ2) is 34.4. The zero-order chi connectivity index (χ0) is 36.3. The number of carbonyl (C=O) groups excluding carboxylic acids is 1. The highest BCUT2D eigenvalue weighted by molar-refractivity contribution is 7.46. The molecule has 0 aromatic heterocycles. The molecule has 0 bridgehead atoms. The van der Waals surface area contributed by atoms with Gasteiger partial charge in [-0.15, -0.1) is 0 Å². The van der Waals surface area contributed by atoms with E-state index in [1.807, 2.05) is 36.5 Å². The molecule has 0 aliphatic heterocycles. The minimum atomic E-state index is -4.70. The van der Waals surface area contributed by atoms with Gasteiger partial charge in [0.1, 0.15) is 6.61 Å². The predicted octanol–water partition coefficient (Wildman–Crippen LogP) is 9.72. The molecule has 0 saturated carbocycles. The van der Waals surface area contributed by atoms with Crippen molar-refractivity contribution in [1.29, 1.82) is 0 Å². The highest BCUT2D eigenvalue weighted by Crippen LogP contribution is 2.35. The van der Waals surface area contributed by atoms with Gasteiger partial charge in [0.15, 0.2) is 6.10 Å². The molecule has 0 aromatic carbocycles. The van der Waals surface area contributed by atoms with Gasteiger partial charge in [0.05, 0.1) is 25.1 Å². The zero-order valence-electron chi connectivity index (χ0n) is 30.5. The number of ether oxygens (including phenoxy) is 2. The van der Waals surface area contributed by atoms with Crippen molar-refractivity contribution in [2.24, 2.45) is 0 Å². The Balaban J connectivity index is 4.17. The van der Waals surface area contributed by atoms with E-state index in [9.17, 15) is 19.6 Å². The Labute approximate surface area is 297 Å². The van der Waals surface area contributed by atoms with Crippen LogP contribution in [0.1, 0.15) is 149 Å². The van der Waals surface area contributed by atoms with Gasteiger partial charge in [-0.2, -0.15) is 0 Å². The maximum atomic E-state index is 12.2.